The molecule has 0 unspecified atom stereocenters. The highest BCUT2D eigenvalue weighted by molar-refractivity contribution is 6.30. The summed E-state index contributed by atoms with van der Waals surface area (Å²) in [5.41, 5.74) is 2.65. The Hall–Kier alpha value is -2.97. The number of amides is 1. The van der Waals surface area contributed by atoms with Crippen LogP contribution < -0.4 is 10.6 Å². The van der Waals surface area contributed by atoms with Gasteiger partial charge in [-0.15, -0.1) is 0 Å². The van der Waals surface area contributed by atoms with Crippen LogP contribution in [0.5, 0.6) is 5.75 Å². The molecule has 0 aromatic heterocycles. The SMILES string of the molecule is Cc1cc(Cl)ccc1N/C=C(/C#N)C(=O)NCCc1ccc(O)cc1. The first-order chi connectivity index (χ1) is 12.0. The summed E-state index contributed by atoms with van der Waals surface area (Å²) in [5, 5.41) is 24.7. The molecule has 0 spiro atoms. The third-order valence-electron chi connectivity index (χ3n) is 3.56. The lowest BCUT2D eigenvalue weighted by molar-refractivity contribution is -0.117. The molecular formula is C19H18ClN3O2. The fourth-order valence-electron chi connectivity index (χ4n) is 2.17. The highest BCUT2D eigenvalue weighted by Crippen LogP contribution is 2.19. The number of phenols is 1. The van der Waals surface area contributed by atoms with Gasteiger partial charge in [0.05, 0.1) is 0 Å². The predicted molar refractivity (Wildman–Crippen MR) is 98.3 cm³/mol. The molecule has 6 heteroatoms. The van der Waals surface area contributed by atoms with Crippen molar-refractivity contribution in [3.05, 3.63) is 70.4 Å². The number of aryl methyl sites for hydroxylation is 1. The number of nitriles is 1. The highest BCUT2D eigenvalue weighted by atomic mass is 35.5. The normalized spacial score (nSPS) is 10.8. The van der Waals surface area contributed by atoms with E-state index in [-0.39, 0.29) is 11.3 Å². The van der Waals surface area contributed by atoms with Crippen LogP contribution in [0.15, 0.2) is 54.2 Å². The van der Waals surface area contributed by atoms with Crippen molar-refractivity contribution >= 4 is 23.2 Å². The Morgan fingerprint density at radius 2 is 2.00 bits per heavy atom. The number of anilines is 1. The molecule has 2 rings (SSSR count). The van der Waals surface area contributed by atoms with E-state index < -0.39 is 5.91 Å². The Morgan fingerprint density at radius 1 is 1.28 bits per heavy atom. The van der Waals surface area contributed by atoms with Gasteiger partial charge >= 0.3 is 0 Å². The minimum absolute atomic E-state index is 0.0138. The first kappa shape index (κ1) is 18.4. The smallest absolute Gasteiger partial charge is 0.263 e. The molecule has 3 N–H and O–H groups in total. The highest BCUT2D eigenvalue weighted by Gasteiger charge is 2.08. The molecule has 25 heavy (non-hydrogen) atoms. The molecule has 2 aromatic carbocycles. The van der Waals surface area contributed by atoms with Crippen LogP contribution in [0, 0.1) is 18.3 Å². The summed E-state index contributed by atoms with van der Waals surface area (Å²) in [6.07, 6.45) is 1.99. The van der Waals surface area contributed by atoms with Crippen LogP contribution in [0.4, 0.5) is 5.69 Å². The molecule has 1 amide bonds. The first-order valence-electron chi connectivity index (χ1n) is 7.68. The second-order valence-electron chi connectivity index (χ2n) is 5.45. The second-order valence-corrected chi connectivity index (χ2v) is 5.88. The number of nitrogens with zero attached hydrogens (tertiary/aromatic N) is 1. The monoisotopic (exact) mass is 355 g/mol. The largest absolute Gasteiger partial charge is 0.508 e. The Balaban J connectivity index is 1.91. The van der Waals surface area contributed by atoms with E-state index in [0.29, 0.717) is 18.0 Å². The lowest BCUT2D eigenvalue weighted by Gasteiger charge is -2.07. The van der Waals surface area contributed by atoms with E-state index in [9.17, 15) is 9.90 Å². The van der Waals surface area contributed by atoms with Crippen molar-refractivity contribution in [2.75, 3.05) is 11.9 Å². The minimum atomic E-state index is -0.444. The van der Waals surface area contributed by atoms with Crippen LogP contribution in [0.3, 0.4) is 0 Å². The summed E-state index contributed by atoms with van der Waals surface area (Å²) >= 11 is 5.90. The molecule has 0 bridgehead atoms. The number of rotatable bonds is 6. The van der Waals surface area contributed by atoms with Gasteiger partial charge in [-0.25, -0.2) is 0 Å². The molecule has 0 radical (unpaired) electrons. The Kier molecular flexibility index (Phi) is 6.44. The van der Waals surface area contributed by atoms with Gasteiger partial charge in [-0.05, 0) is 54.8 Å². The van der Waals surface area contributed by atoms with Crippen molar-refractivity contribution in [3.8, 4) is 11.8 Å². The number of phenolic OH excluding ortho intramolecular Hbond substituents is 1. The van der Waals surface area contributed by atoms with Crippen molar-refractivity contribution in [1.82, 2.24) is 5.32 Å². The number of carbonyl (C=O) groups is 1. The summed E-state index contributed by atoms with van der Waals surface area (Å²) in [6.45, 7) is 2.27. The fourth-order valence-corrected chi connectivity index (χ4v) is 2.39. The standard InChI is InChI=1S/C19H18ClN3O2/c1-13-10-16(20)4-7-18(13)23-12-15(11-21)19(25)22-9-8-14-2-5-17(24)6-3-14/h2-7,10,12,23-24H,8-9H2,1H3,(H,22,25)/b15-12-. The van der Waals surface area contributed by atoms with Crippen molar-refractivity contribution in [2.45, 2.75) is 13.3 Å². The fraction of sp³-hybridized carbons (Fsp3) is 0.158. The topological polar surface area (TPSA) is 85.2 Å². The lowest BCUT2D eigenvalue weighted by Crippen LogP contribution is -2.27. The molecule has 128 valence electrons. The molecule has 0 saturated heterocycles. The molecule has 0 fully saturated rings. The maximum Gasteiger partial charge on any atom is 0.263 e. The number of aromatic hydroxyl groups is 1. The zero-order valence-corrected chi connectivity index (χ0v) is 14.5. The van der Waals surface area contributed by atoms with Crippen molar-refractivity contribution < 1.29 is 9.90 Å². The third-order valence-corrected chi connectivity index (χ3v) is 3.80. The molecule has 2 aromatic rings. The maximum absolute atomic E-state index is 12.1. The third kappa shape index (κ3) is 5.55. The van der Waals surface area contributed by atoms with Crippen LogP contribution in [-0.4, -0.2) is 17.6 Å². The first-order valence-corrected chi connectivity index (χ1v) is 8.06. The van der Waals surface area contributed by atoms with Gasteiger partial charge in [0.1, 0.15) is 17.4 Å². The summed E-state index contributed by atoms with van der Waals surface area (Å²) in [5.74, 6) is -0.244. The van der Waals surface area contributed by atoms with Gasteiger partial charge in [0.2, 0.25) is 0 Å². The molecular weight excluding hydrogens is 338 g/mol. The minimum Gasteiger partial charge on any atom is -0.508 e. The van der Waals surface area contributed by atoms with Gasteiger partial charge in [-0.3, -0.25) is 4.79 Å². The molecule has 0 aliphatic rings. The molecule has 0 atom stereocenters. The van der Waals surface area contributed by atoms with Crippen molar-refractivity contribution in [3.63, 3.8) is 0 Å². The average Bonchev–Trinajstić information content (AvgIpc) is 2.59. The lowest BCUT2D eigenvalue weighted by atomic mass is 10.1. The summed E-state index contributed by atoms with van der Waals surface area (Å²) in [6, 6.07) is 14.0. The van der Waals surface area contributed by atoms with Gasteiger partial charge in [-0.2, -0.15) is 5.26 Å². The van der Waals surface area contributed by atoms with Crippen LogP contribution >= 0.6 is 11.6 Å². The van der Waals surface area contributed by atoms with E-state index in [0.717, 1.165) is 16.8 Å². The number of nitrogens with one attached hydrogen (secondary N) is 2. The maximum atomic E-state index is 12.1. The Bertz CT molecular complexity index is 824. The zero-order valence-electron chi connectivity index (χ0n) is 13.7. The average molecular weight is 356 g/mol. The van der Waals surface area contributed by atoms with Crippen LogP contribution in [0.25, 0.3) is 0 Å². The molecule has 0 aliphatic heterocycles. The van der Waals surface area contributed by atoms with E-state index in [2.05, 4.69) is 10.6 Å². The van der Waals surface area contributed by atoms with Crippen LogP contribution in [0.1, 0.15) is 11.1 Å². The summed E-state index contributed by atoms with van der Waals surface area (Å²) in [4.78, 5) is 12.1. The van der Waals surface area contributed by atoms with Crippen molar-refractivity contribution in [2.24, 2.45) is 0 Å². The van der Waals surface area contributed by atoms with E-state index in [1.807, 2.05) is 13.0 Å². The van der Waals surface area contributed by atoms with Crippen LogP contribution in [0.2, 0.25) is 5.02 Å². The van der Waals surface area contributed by atoms with Gasteiger partial charge in [-0.1, -0.05) is 23.7 Å². The van der Waals surface area contributed by atoms with E-state index >= 15 is 0 Å². The quantitative estimate of drug-likeness (QED) is 0.546. The zero-order chi connectivity index (χ0) is 18.2. The van der Waals surface area contributed by atoms with Crippen LogP contribution in [-0.2, 0) is 11.2 Å². The van der Waals surface area contributed by atoms with Gasteiger partial charge in [0, 0.05) is 23.5 Å². The Morgan fingerprint density at radius 3 is 2.64 bits per heavy atom. The number of hydrogen-bond donors (Lipinski definition) is 3. The van der Waals surface area contributed by atoms with Gasteiger partial charge < -0.3 is 15.7 Å². The molecule has 0 aliphatic carbocycles. The molecule has 0 heterocycles. The summed E-state index contributed by atoms with van der Waals surface area (Å²) < 4.78 is 0. The van der Waals surface area contributed by atoms with E-state index in [1.54, 1.807) is 42.5 Å². The predicted octanol–water partition coefficient (Wildman–Crippen LogP) is 3.53. The second kappa shape index (κ2) is 8.76. The number of benzene rings is 2. The van der Waals surface area contributed by atoms with Gasteiger partial charge in [0.25, 0.3) is 5.91 Å². The number of hydrogen-bond acceptors (Lipinski definition) is 4. The summed E-state index contributed by atoms with van der Waals surface area (Å²) in [7, 11) is 0. The number of carbonyl (C=O) groups excluding carboxylic acids is 1. The van der Waals surface area contributed by atoms with E-state index in [4.69, 9.17) is 16.9 Å². The van der Waals surface area contributed by atoms with Gasteiger partial charge in [0.15, 0.2) is 0 Å². The van der Waals surface area contributed by atoms with Crippen molar-refractivity contribution in [1.29, 1.82) is 5.26 Å². The molecule has 5 nitrogen and oxygen atoms in total. The van der Waals surface area contributed by atoms with E-state index in [1.165, 1.54) is 6.20 Å². The molecule has 0 saturated carbocycles. The number of halogens is 1. The Labute approximate surface area is 151 Å².